The monoisotopic (exact) mass is 343 g/mol. The van der Waals surface area contributed by atoms with Gasteiger partial charge in [0.1, 0.15) is 11.8 Å². The summed E-state index contributed by atoms with van der Waals surface area (Å²) >= 11 is 4.77. The fraction of sp³-hybridized carbons (Fsp3) is 0.500. The molecule has 0 aromatic carbocycles. The second kappa shape index (κ2) is 6.03. The highest BCUT2D eigenvalue weighted by atomic mass is 79.9. The van der Waals surface area contributed by atoms with Crippen molar-refractivity contribution in [3.8, 4) is 0 Å². The first kappa shape index (κ1) is 15.5. The molecule has 1 rings (SSSR count). The molecule has 102 valence electrons. The summed E-state index contributed by atoms with van der Waals surface area (Å²) in [4.78, 5) is 1.51. The molecule has 0 saturated heterocycles. The Hall–Kier alpha value is -0.600. The molecule has 3 nitrogen and oxygen atoms in total. The van der Waals surface area contributed by atoms with E-state index in [0.717, 1.165) is 9.35 Å². The molecule has 0 fully saturated rings. The second-order valence-corrected chi connectivity index (χ2v) is 6.30. The van der Waals surface area contributed by atoms with Crippen LogP contribution in [0.4, 0.5) is 13.2 Å². The van der Waals surface area contributed by atoms with E-state index in [1.165, 1.54) is 16.2 Å². The molecule has 0 amide bonds. The molecule has 0 bridgehead atoms. The molecule has 0 aliphatic carbocycles. The van der Waals surface area contributed by atoms with Crippen LogP contribution < -0.4 is 5.73 Å². The molecule has 0 saturated carbocycles. The molecule has 0 aliphatic heterocycles. The van der Waals surface area contributed by atoms with Crippen LogP contribution in [0.2, 0.25) is 0 Å². The zero-order chi connectivity index (χ0) is 13.9. The molecule has 1 unspecified atom stereocenters. The molecule has 0 aliphatic rings. The maximum Gasteiger partial charge on any atom is 0.399 e. The number of nitrogens with two attached hydrogens (primary N) is 1. The standard InChI is InChI=1S/C10H13BrF3N3S/c1-17(3-6-2-8(11)18-5-6)4-7(9(15)16)10(12,13)14/h2,5,7H,3-4H2,1H3,(H3,15,16). The molecular formula is C10H13BrF3N3S. The summed E-state index contributed by atoms with van der Waals surface area (Å²) in [6.45, 7) is 0.0776. The van der Waals surface area contributed by atoms with Gasteiger partial charge >= 0.3 is 6.18 Å². The van der Waals surface area contributed by atoms with E-state index in [0.29, 0.717) is 6.54 Å². The van der Waals surface area contributed by atoms with Crippen molar-refractivity contribution in [2.24, 2.45) is 11.7 Å². The summed E-state index contributed by atoms with van der Waals surface area (Å²) < 4.78 is 38.8. The first-order valence-corrected chi connectivity index (χ1v) is 6.69. The van der Waals surface area contributed by atoms with E-state index in [4.69, 9.17) is 11.1 Å². The summed E-state index contributed by atoms with van der Waals surface area (Å²) in [5, 5.41) is 8.88. The van der Waals surface area contributed by atoms with Crippen LogP contribution >= 0.6 is 27.3 Å². The van der Waals surface area contributed by atoms with Crippen LogP contribution in [0.25, 0.3) is 0 Å². The maximum atomic E-state index is 12.6. The van der Waals surface area contributed by atoms with E-state index in [1.54, 1.807) is 7.05 Å². The zero-order valence-corrected chi connectivity index (χ0v) is 12.0. The smallest absolute Gasteiger partial charge is 0.387 e. The van der Waals surface area contributed by atoms with Gasteiger partial charge in [0.25, 0.3) is 0 Å². The summed E-state index contributed by atoms with van der Waals surface area (Å²) in [5.74, 6) is -2.76. The average Bonchev–Trinajstić information content (AvgIpc) is 2.58. The average molecular weight is 344 g/mol. The van der Waals surface area contributed by atoms with Crippen LogP contribution in [0.15, 0.2) is 15.2 Å². The third kappa shape index (κ3) is 4.58. The van der Waals surface area contributed by atoms with Gasteiger partial charge in [-0.05, 0) is 40.0 Å². The topological polar surface area (TPSA) is 53.1 Å². The van der Waals surface area contributed by atoms with Crippen molar-refractivity contribution in [1.29, 1.82) is 5.41 Å². The molecule has 18 heavy (non-hydrogen) atoms. The van der Waals surface area contributed by atoms with Crippen LogP contribution in [0.5, 0.6) is 0 Å². The fourth-order valence-corrected chi connectivity index (χ4v) is 2.70. The molecule has 0 radical (unpaired) electrons. The number of halogens is 4. The molecule has 8 heteroatoms. The number of nitrogens with one attached hydrogen (secondary N) is 1. The van der Waals surface area contributed by atoms with Crippen molar-refractivity contribution >= 4 is 33.1 Å². The van der Waals surface area contributed by atoms with Crippen molar-refractivity contribution in [1.82, 2.24) is 4.90 Å². The Morgan fingerprint density at radius 2 is 2.22 bits per heavy atom. The van der Waals surface area contributed by atoms with Crippen molar-refractivity contribution in [2.45, 2.75) is 12.7 Å². The fourth-order valence-electron chi connectivity index (χ4n) is 1.49. The van der Waals surface area contributed by atoms with E-state index in [1.807, 2.05) is 11.4 Å². The summed E-state index contributed by atoms with van der Waals surface area (Å²) in [5.41, 5.74) is 5.93. The van der Waals surface area contributed by atoms with Crippen molar-refractivity contribution in [3.05, 3.63) is 20.8 Å². The van der Waals surface area contributed by atoms with Gasteiger partial charge in [-0.1, -0.05) is 0 Å². The predicted octanol–water partition coefficient (Wildman–Crippen LogP) is 3.06. The summed E-state index contributed by atoms with van der Waals surface area (Å²) in [6, 6.07) is 1.86. The van der Waals surface area contributed by atoms with Gasteiger partial charge in [0.15, 0.2) is 0 Å². The predicted molar refractivity (Wildman–Crippen MR) is 69.8 cm³/mol. The number of nitrogens with zero attached hydrogens (tertiary/aromatic N) is 1. The Kier molecular flexibility index (Phi) is 5.18. The Bertz CT molecular complexity index is 419. The van der Waals surface area contributed by atoms with E-state index in [9.17, 15) is 13.2 Å². The van der Waals surface area contributed by atoms with E-state index < -0.39 is 17.9 Å². The normalized spacial score (nSPS) is 13.9. The van der Waals surface area contributed by atoms with Crippen LogP contribution in [-0.2, 0) is 6.54 Å². The highest BCUT2D eigenvalue weighted by Crippen LogP contribution is 2.27. The van der Waals surface area contributed by atoms with Crippen LogP contribution in [-0.4, -0.2) is 30.5 Å². The highest BCUT2D eigenvalue weighted by molar-refractivity contribution is 9.11. The molecule has 3 N–H and O–H groups in total. The van der Waals surface area contributed by atoms with Gasteiger partial charge in [0.2, 0.25) is 0 Å². The largest absolute Gasteiger partial charge is 0.399 e. The zero-order valence-electron chi connectivity index (χ0n) is 9.59. The first-order chi connectivity index (χ1) is 8.20. The minimum absolute atomic E-state index is 0.313. The molecular weight excluding hydrogens is 331 g/mol. The van der Waals surface area contributed by atoms with Gasteiger partial charge in [0, 0.05) is 13.1 Å². The number of amidine groups is 1. The Labute approximate surface area is 115 Å². The highest BCUT2D eigenvalue weighted by Gasteiger charge is 2.42. The third-order valence-electron chi connectivity index (χ3n) is 2.34. The van der Waals surface area contributed by atoms with E-state index >= 15 is 0 Å². The molecule has 1 aromatic heterocycles. The lowest BCUT2D eigenvalue weighted by Gasteiger charge is -2.24. The molecule has 1 atom stereocenters. The SMILES string of the molecule is CN(Cc1csc(Br)c1)CC(C(=N)N)C(F)(F)F. The third-order valence-corrected chi connectivity index (χ3v) is 3.89. The Balaban J connectivity index is 2.62. The number of rotatable bonds is 5. The van der Waals surface area contributed by atoms with E-state index in [-0.39, 0.29) is 6.54 Å². The van der Waals surface area contributed by atoms with E-state index in [2.05, 4.69) is 15.9 Å². The minimum Gasteiger partial charge on any atom is -0.387 e. The van der Waals surface area contributed by atoms with Crippen molar-refractivity contribution in [3.63, 3.8) is 0 Å². The molecule has 0 spiro atoms. The van der Waals surface area contributed by atoms with Crippen LogP contribution in [0, 0.1) is 11.3 Å². The van der Waals surface area contributed by atoms with Gasteiger partial charge < -0.3 is 10.6 Å². The Morgan fingerprint density at radius 1 is 1.61 bits per heavy atom. The molecule has 1 aromatic rings. The van der Waals surface area contributed by atoms with Gasteiger partial charge in [-0.25, -0.2) is 0 Å². The van der Waals surface area contributed by atoms with Gasteiger partial charge in [-0.3, -0.25) is 5.41 Å². The Morgan fingerprint density at radius 3 is 2.61 bits per heavy atom. The number of alkyl halides is 3. The van der Waals surface area contributed by atoms with Crippen molar-refractivity contribution < 1.29 is 13.2 Å². The first-order valence-electron chi connectivity index (χ1n) is 5.02. The maximum absolute atomic E-state index is 12.6. The van der Waals surface area contributed by atoms with Gasteiger partial charge in [0.05, 0.1) is 3.79 Å². The molecule has 1 heterocycles. The summed E-state index contributed by atoms with van der Waals surface area (Å²) in [6.07, 6.45) is -4.48. The lowest BCUT2D eigenvalue weighted by molar-refractivity contribution is -0.159. The lowest BCUT2D eigenvalue weighted by atomic mass is 10.1. The minimum atomic E-state index is -4.48. The van der Waals surface area contributed by atoms with Gasteiger partial charge in [-0.15, -0.1) is 11.3 Å². The van der Waals surface area contributed by atoms with Crippen molar-refractivity contribution in [2.75, 3.05) is 13.6 Å². The van der Waals surface area contributed by atoms with Crippen LogP contribution in [0.3, 0.4) is 0 Å². The number of hydrogen-bond acceptors (Lipinski definition) is 3. The number of hydrogen-bond donors (Lipinski definition) is 2. The van der Waals surface area contributed by atoms with Crippen LogP contribution in [0.1, 0.15) is 5.56 Å². The lowest BCUT2D eigenvalue weighted by Crippen LogP contribution is -2.42. The summed E-state index contributed by atoms with van der Waals surface area (Å²) in [7, 11) is 1.58. The second-order valence-electron chi connectivity index (χ2n) is 4.01. The van der Waals surface area contributed by atoms with Gasteiger partial charge in [-0.2, -0.15) is 13.2 Å². The quantitative estimate of drug-likeness (QED) is 0.637. The number of thiophene rings is 1.